The first-order valence-electron chi connectivity index (χ1n) is 5.04. The summed E-state index contributed by atoms with van der Waals surface area (Å²) in [6.07, 6.45) is 0. The Balaban J connectivity index is 2.45. The number of hydrogen-bond donors (Lipinski definition) is 2. The monoisotopic (exact) mass is 322 g/mol. The van der Waals surface area contributed by atoms with Crippen LogP contribution in [0.25, 0.3) is 0 Å². The van der Waals surface area contributed by atoms with Gasteiger partial charge >= 0.3 is 0 Å². The Bertz CT molecular complexity index is 624. The molecule has 0 aromatic heterocycles. The first-order valence-corrected chi connectivity index (χ1v) is 6.18. The van der Waals surface area contributed by atoms with Crippen molar-refractivity contribution in [2.45, 2.75) is 0 Å². The fraction of sp³-hybridized carbons (Fsp3) is 0. The molecule has 2 aromatic carbocycles. The van der Waals surface area contributed by atoms with Gasteiger partial charge in [-0.1, -0.05) is 34.8 Å². The van der Waals surface area contributed by atoms with E-state index in [1.807, 2.05) is 0 Å². The third-order valence-electron chi connectivity index (χ3n) is 2.36. The van der Waals surface area contributed by atoms with Crippen molar-refractivity contribution in [3.8, 4) is 0 Å². The predicted molar refractivity (Wildman–Crippen MR) is 75.5 cm³/mol. The minimum Gasteiger partial charge on any atom is -0.397 e. The third kappa shape index (κ3) is 3.03. The molecule has 7 heteroatoms. The minimum absolute atomic E-state index is 0.0739. The van der Waals surface area contributed by atoms with Crippen LogP contribution in [-0.4, -0.2) is 0 Å². The maximum Gasteiger partial charge on any atom is 0.143 e. The summed E-state index contributed by atoms with van der Waals surface area (Å²) >= 11 is 17.4. The molecule has 0 radical (unpaired) electrons. The number of anilines is 3. The highest BCUT2D eigenvalue weighted by Gasteiger charge is 2.12. The molecule has 0 saturated heterocycles. The van der Waals surface area contributed by atoms with E-state index < -0.39 is 11.6 Å². The van der Waals surface area contributed by atoms with E-state index in [4.69, 9.17) is 40.5 Å². The maximum atomic E-state index is 13.2. The topological polar surface area (TPSA) is 38.0 Å². The smallest absolute Gasteiger partial charge is 0.143 e. The zero-order valence-electron chi connectivity index (χ0n) is 9.28. The summed E-state index contributed by atoms with van der Waals surface area (Å²) in [6, 6.07) is 4.55. The first kappa shape index (κ1) is 14.2. The number of halogens is 5. The second-order valence-corrected chi connectivity index (χ2v) is 4.94. The number of rotatable bonds is 2. The van der Waals surface area contributed by atoms with Gasteiger partial charge in [-0.05, 0) is 18.2 Å². The second-order valence-electron chi connectivity index (χ2n) is 3.72. The predicted octanol–water partition coefficient (Wildman–Crippen LogP) is 5.25. The average Bonchev–Trinajstić information content (AvgIpc) is 2.29. The third-order valence-corrected chi connectivity index (χ3v) is 3.24. The van der Waals surface area contributed by atoms with Gasteiger partial charge in [0.2, 0.25) is 0 Å². The van der Waals surface area contributed by atoms with Crippen LogP contribution in [0.4, 0.5) is 25.8 Å². The van der Waals surface area contributed by atoms with E-state index in [0.29, 0.717) is 5.69 Å². The lowest BCUT2D eigenvalue weighted by Gasteiger charge is -2.13. The van der Waals surface area contributed by atoms with E-state index >= 15 is 0 Å². The Morgan fingerprint density at radius 2 is 1.47 bits per heavy atom. The van der Waals surface area contributed by atoms with Gasteiger partial charge in [-0.3, -0.25) is 0 Å². The fourth-order valence-corrected chi connectivity index (χ4v) is 2.19. The fourth-order valence-electron chi connectivity index (χ4n) is 1.47. The minimum atomic E-state index is -0.638. The largest absolute Gasteiger partial charge is 0.397 e. The highest BCUT2D eigenvalue weighted by Crippen LogP contribution is 2.36. The molecular weight excluding hydrogens is 317 g/mol. The van der Waals surface area contributed by atoms with Crippen molar-refractivity contribution in [2.75, 3.05) is 11.1 Å². The van der Waals surface area contributed by atoms with Crippen molar-refractivity contribution in [3.05, 3.63) is 51.0 Å². The van der Waals surface area contributed by atoms with E-state index in [9.17, 15) is 8.78 Å². The van der Waals surface area contributed by atoms with E-state index in [1.165, 1.54) is 6.07 Å². The molecule has 0 aliphatic heterocycles. The van der Waals surface area contributed by atoms with Gasteiger partial charge in [0.05, 0.1) is 32.1 Å². The molecule has 2 rings (SSSR count). The van der Waals surface area contributed by atoms with E-state index in [2.05, 4.69) is 5.32 Å². The van der Waals surface area contributed by atoms with Crippen LogP contribution in [0.5, 0.6) is 0 Å². The zero-order chi connectivity index (χ0) is 14.2. The number of nitrogens with two attached hydrogens (primary N) is 1. The van der Waals surface area contributed by atoms with Gasteiger partial charge in [-0.2, -0.15) is 0 Å². The van der Waals surface area contributed by atoms with Crippen LogP contribution in [-0.2, 0) is 0 Å². The van der Waals surface area contributed by atoms with Gasteiger partial charge in [0.25, 0.3) is 0 Å². The van der Waals surface area contributed by atoms with Crippen LogP contribution in [0.15, 0.2) is 24.3 Å². The summed E-state index contributed by atoms with van der Waals surface area (Å²) in [7, 11) is 0. The molecule has 3 N–H and O–H groups in total. The molecular formula is C12H7Cl3F2N2. The maximum absolute atomic E-state index is 13.2. The zero-order valence-corrected chi connectivity index (χ0v) is 11.5. The lowest BCUT2D eigenvalue weighted by Crippen LogP contribution is -1.99. The van der Waals surface area contributed by atoms with Gasteiger partial charge in [-0.25, -0.2) is 8.78 Å². The Morgan fingerprint density at radius 1 is 0.895 bits per heavy atom. The van der Waals surface area contributed by atoms with Gasteiger partial charge in [0.15, 0.2) is 0 Å². The molecule has 2 aromatic rings. The molecule has 100 valence electrons. The number of hydrogen-bond acceptors (Lipinski definition) is 2. The van der Waals surface area contributed by atoms with Crippen LogP contribution < -0.4 is 11.1 Å². The van der Waals surface area contributed by atoms with Crippen LogP contribution in [0.2, 0.25) is 15.1 Å². The molecule has 19 heavy (non-hydrogen) atoms. The molecule has 0 saturated carbocycles. The van der Waals surface area contributed by atoms with E-state index in [0.717, 1.165) is 18.2 Å². The molecule has 0 spiro atoms. The summed E-state index contributed by atoms with van der Waals surface area (Å²) in [5, 5.41) is 2.84. The summed E-state index contributed by atoms with van der Waals surface area (Å²) in [5.41, 5.74) is 6.35. The normalized spacial score (nSPS) is 10.6. The Hall–Kier alpha value is -1.23. The van der Waals surface area contributed by atoms with Crippen molar-refractivity contribution < 1.29 is 8.78 Å². The molecule has 0 unspecified atom stereocenters. The van der Waals surface area contributed by atoms with Crippen LogP contribution >= 0.6 is 34.8 Å². The molecule has 0 atom stereocenters. The van der Waals surface area contributed by atoms with Crippen molar-refractivity contribution >= 4 is 51.9 Å². The Kier molecular flexibility index (Phi) is 4.04. The van der Waals surface area contributed by atoms with E-state index in [-0.39, 0.29) is 26.4 Å². The molecule has 0 aliphatic rings. The highest BCUT2D eigenvalue weighted by atomic mass is 35.5. The number of nitrogens with one attached hydrogen (secondary N) is 1. The van der Waals surface area contributed by atoms with Crippen molar-refractivity contribution in [2.24, 2.45) is 0 Å². The van der Waals surface area contributed by atoms with Crippen molar-refractivity contribution in [1.29, 1.82) is 0 Å². The quantitative estimate of drug-likeness (QED) is 0.741. The molecule has 0 bridgehead atoms. The molecule has 2 nitrogen and oxygen atoms in total. The van der Waals surface area contributed by atoms with Crippen LogP contribution in [0, 0.1) is 11.6 Å². The molecule has 0 fully saturated rings. The van der Waals surface area contributed by atoms with Crippen molar-refractivity contribution in [3.63, 3.8) is 0 Å². The van der Waals surface area contributed by atoms with Crippen LogP contribution in [0.3, 0.4) is 0 Å². The summed E-state index contributed by atoms with van der Waals surface area (Å²) in [4.78, 5) is 0. The lowest BCUT2D eigenvalue weighted by molar-refractivity contribution is 0.628. The van der Waals surface area contributed by atoms with Gasteiger partial charge in [-0.15, -0.1) is 0 Å². The molecule has 0 amide bonds. The number of nitrogen functional groups attached to an aromatic ring is 1. The Labute approximate surface area is 123 Å². The van der Waals surface area contributed by atoms with E-state index in [1.54, 1.807) is 0 Å². The van der Waals surface area contributed by atoms with Crippen LogP contribution in [0.1, 0.15) is 0 Å². The molecule has 0 heterocycles. The Morgan fingerprint density at radius 3 is 2.05 bits per heavy atom. The summed E-state index contributed by atoms with van der Waals surface area (Å²) in [6.45, 7) is 0. The summed E-state index contributed by atoms with van der Waals surface area (Å²) < 4.78 is 26.2. The van der Waals surface area contributed by atoms with Gasteiger partial charge in [0, 0.05) is 6.07 Å². The second kappa shape index (κ2) is 5.41. The lowest BCUT2D eigenvalue weighted by atomic mass is 10.2. The summed E-state index contributed by atoms with van der Waals surface area (Å²) in [5.74, 6) is -1.20. The highest BCUT2D eigenvalue weighted by molar-refractivity contribution is 6.39. The first-order chi connectivity index (χ1) is 8.88. The standard InChI is InChI=1S/C12H7Cl3F2N2/c13-6-3-11(10(18)4-9(6)17)19-12-7(14)1-5(16)2-8(12)15/h1-4,19H,18H2. The average molecular weight is 324 g/mol. The van der Waals surface area contributed by atoms with Gasteiger partial charge in [0.1, 0.15) is 11.6 Å². The van der Waals surface area contributed by atoms with Gasteiger partial charge < -0.3 is 11.1 Å². The van der Waals surface area contributed by atoms with Crippen molar-refractivity contribution in [1.82, 2.24) is 0 Å². The molecule has 0 aliphatic carbocycles. The SMILES string of the molecule is Nc1cc(F)c(Cl)cc1Nc1c(Cl)cc(F)cc1Cl. The number of benzene rings is 2.